The monoisotopic (exact) mass is 312 g/mol. The lowest BCUT2D eigenvalue weighted by atomic mass is 10.1. The van der Waals surface area contributed by atoms with Crippen LogP contribution in [0.3, 0.4) is 0 Å². The molecule has 0 aliphatic carbocycles. The van der Waals surface area contributed by atoms with Gasteiger partial charge in [0, 0.05) is 32.6 Å². The first-order chi connectivity index (χ1) is 10.5. The Balaban J connectivity index is 1.89. The zero-order chi connectivity index (χ0) is 16.1. The van der Waals surface area contributed by atoms with E-state index < -0.39 is 29.1 Å². The molecule has 1 saturated heterocycles. The lowest BCUT2D eigenvalue weighted by Gasteiger charge is -2.34. The Morgan fingerprint density at radius 2 is 1.68 bits per heavy atom. The van der Waals surface area contributed by atoms with Gasteiger partial charge in [-0.15, -0.1) is 0 Å². The maximum atomic E-state index is 13.6. The van der Waals surface area contributed by atoms with E-state index >= 15 is 0 Å². The summed E-state index contributed by atoms with van der Waals surface area (Å²) in [5.74, 6) is -3.17. The average molecular weight is 312 g/mol. The summed E-state index contributed by atoms with van der Waals surface area (Å²) in [6, 6.07) is 3.36. The molecule has 0 unspecified atom stereocenters. The predicted octanol–water partition coefficient (Wildman–Crippen LogP) is 1.59. The maximum absolute atomic E-state index is 13.6. The van der Waals surface area contributed by atoms with Crippen molar-refractivity contribution in [3.05, 3.63) is 35.4 Å². The van der Waals surface area contributed by atoms with Crippen molar-refractivity contribution in [3.8, 4) is 0 Å². The summed E-state index contributed by atoms with van der Waals surface area (Å²) >= 11 is 0. The molecular weight excluding hydrogens is 294 g/mol. The highest BCUT2D eigenvalue weighted by Crippen LogP contribution is 2.16. The second kappa shape index (κ2) is 7.31. The van der Waals surface area contributed by atoms with E-state index in [1.54, 1.807) is 0 Å². The molecule has 1 amide bonds. The van der Waals surface area contributed by atoms with E-state index in [0.29, 0.717) is 39.1 Å². The van der Waals surface area contributed by atoms with Crippen molar-refractivity contribution in [2.75, 3.05) is 32.7 Å². The normalized spacial score (nSPS) is 15.8. The molecule has 0 radical (unpaired) electrons. The van der Waals surface area contributed by atoms with Gasteiger partial charge < -0.3 is 10.0 Å². The van der Waals surface area contributed by atoms with Crippen molar-refractivity contribution < 1.29 is 23.5 Å². The number of piperazine rings is 1. The lowest BCUT2D eigenvalue weighted by molar-refractivity contribution is -0.137. The van der Waals surface area contributed by atoms with Gasteiger partial charge in [-0.2, -0.15) is 0 Å². The Kier molecular flexibility index (Phi) is 5.43. The topological polar surface area (TPSA) is 60.9 Å². The zero-order valence-corrected chi connectivity index (χ0v) is 12.1. The smallest absolute Gasteiger partial charge is 0.303 e. The Hall–Kier alpha value is -2.02. The van der Waals surface area contributed by atoms with Gasteiger partial charge in [-0.05, 0) is 25.1 Å². The maximum Gasteiger partial charge on any atom is 0.303 e. The highest BCUT2D eigenvalue weighted by atomic mass is 19.1. The molecule has 0 bridgehead atoms. The summed E-state index contributed by atoms with van der Waals surface area (Å²) in [5.41, 5.74) is -0.512. The SMILES string of the molecule is O=C(O)CCCN1CCN(C(=O)c2c(F)cccc2F)CC1. The van der Waals surface area contributed by atoms with Crippen LogP contribution < -0.4 is 0 Å². The molecule has 0 aromatic heterocycles. The molecule has 1 N–H and O–H groups in total. The molecule has 22 heavy (non-hydrogen) atoms. The quantitative estimate of drug-likeness (QED) is 0.897. The first kappa shape index (κ1) is 16.4. The van der Waals surface area contributed by atoms with Crippen molar-refractivity contribution in [2.45, 2.75) is 12.8 Å². The fourth-order valence-corrected chi connectivity index (χ4v) is 2.49. The van der Waals surface area contributed by atoms with Crippen molar-refractivity contribution in [3.63, 3.8) is 0 Å². The number of nitrogens with zero attached hydrogens (tertiary/aromatic N) is 2. The molecule has 1 aliphatic heterocycles. The minimum absolute atomic E-state index is 0.111. The molecule has 0 spiro atoms. The number of carbonyl (C=O) groups is 2. The molecular formula is C15H18F2N2O3. The van der Waals surface area contributed by atoms with Gasteiger partial charge in [-0.1, -0.05) is 6.07 Å². The number of hydrogen-bond donors (Lipinski definition) is 1. The van der Waals surface area contributed by atoms with E-state index in [-0.39, 0.29) is 6.42 Å². The van der Waals surface area contributed by atoms with Crippen LogP contribution in [0.4, 0.5) is 8.78 Å². The summed E-state index contributed by atoms with van der Waals surface area (Å²) in [5, 5.41) is 8.59. The first-order valence-corrected chi connectivity index (χ1v) is 7.16. The van der Waals surface area contributed by atoms with Gasteiger partial charge in [0.2, 0.25) is 0 Å². The highest BCUT2D eigenvalue weighted by molar-refractivity contribution is 5.94. The van der Waals surface area contributed by atoms with Crippen LogP contribution in [0.1, 0.15) is 23.2 Å². The Morgan fingerprint density at radius 3 is 2.23 bits per heavy atom. The van der Waals surface area contributed by atoms with Gasteiger partial charge in [0.05, 0.1) is 0 Å². The van der Waals surface area contributed by atoms with E-state index in [0.717, 1.165) is 12.1 Å². The van der Waals surface area contributed by atoms with Crippen LogP contribution in [0.2, 0.25) is 0 Å². The van der Waals surface area contributed by atoms with Gasteiger partial charge in [-0.3, -0.25) is 14.5 Å². The number of hydrogen-bond acceptors (Lipinski definition) is 3. The van der Waals surface area contributed by atoms with E-state index in [4.69, 9.17) is 5.11 Å². The van der Waals surface area contributed by atoms with E-state index in [1.165, 1.54) is 11.0 Å². The summed E-state index contributed by atoms with van der Waals surface area (Å²) in [6.45, 7) is 2.53. The van der Waals surface area contributed by atoms with Gasteiger partial charge >= 0.3 is 5.97 Å². The Labute approximate surface area is 127 Å². The van der Waals surface area contributed by atoms with E-state index in [9.17, 15) is 18.4 Å². The van der Waals surface area contributed by atoms with Crippen LogP contribution >= 0.6 is 0 Å². The number of aliphatic carboxylic acids is 1. The number of carbonyl (C=O) groups excluding carboxylic acids is 1. The Morgan fingerprint density at radius 1 is 1.09 bits per heavy atom. The third kappa shape index (κ3) is 4.00. The molecule has 1 aromatic rings. The lowest BCUT2D eigenvalue weighted by Crippen LogP contribution is -2.49. The van der Waals surface area contributed by atoms with Crippen LogP contribution in [-0.2, 0) is 4.79 Å². The minimum atomic E-state index is -0.853. The first-order valence-electron chi connectivity index (χ1n) is 7.16. The molecule has 0 saturated carbocycles. The molecule has 1 heterocycles. The van der Waals surface area contributed by atoms with Crippen LogP contribution in [0.25, 0.3) is 0 Å². The molecule has 1 aliphatic rings. The minimum Gasteiger partial charge on any atom is -0.481 e. The number of carboxylic acid groups (broad SMARTS) is 1. The molecule has 0 atom stereocenters. The standard InChI is InChI=1S/C15H18F2N2O3/c16-11-3-1-4-12(17)14(11)15(22)19-9-7-18(8-10-19)6-2-5-13(20)21/h1,3-4H,2,5-10H2,(H,20,21). The zero-order valence-electron chi connectivity index (χ0n) is 12.1. The van der Waals surface area contributed by atoms with E-state index in [2.05, 4.69) is 0 Å². The highest BCUT2D eigenvalue weighted by Gasteiger charge is 2.26. The van der Waals surface area contributed by atoms with Crippen LogP contribution in [0.5, 0.6) is 0 Å². The van der Waals surface area contributed by atoms with Gasteiger partial charge in [0.25, 0.3) is 5.91 Å². The van der Waals surface area contributed by atoms with Crippen molar-refractivity contribution in [1.29, 1.82) is 0 Å². The third-order valence-corrected chi connectivity index (χ3v) is 3.70. The number of halogens is 2. The summed E-state index contributed by atoms with van der Waals surface area (Å²) < 4.78 is 27.2. The molecule has 7 heteroatoms. The van der Waals surface area contributed by atoms with Crippen LogP contribution in [-0.4, -0.2) is 59.5 Å². The molecule has 1 fully saturated rings. The van der Waals surface area contributed by atoms with Gasteiger partial charge in [0.15, 0.2) is 0 Å². The second-order valence-corrected chi connectivity index (χ2v) is 5.23. The Bertz CT molecular complexity index is 537. The van der Waals surface area contributed by atoms with Crippen molar-refractivity contribution in [2.24, 2.45) is 0 Å². The summed E-state index contributed by atoms with van der Waals surface area (Å²) in [4.78, 5) is 26.1. The van der Waals surface area contributed by atoms with E-state index in [1.807, 2.05) is 4.90 Å². The van der Waals surface area contributed by atoms with Gasteiger partial charge in [0.1, 0.15) is 17.2 Å². The average Bonchev–Trinajstić information content (AvgIpc) is 2.47. The molecule has 2 rings (SSSR count). The van der Waals surface area contributed by atoms with Crippen LogP contribution in [0, 0.1) is 11.6 Å². The third-order valence-electron chi connectivity index (χ3n) is 3.70. The van der Waals surface area contributed by atoms with Gasteiger partial charge in [-0.25, -0.2) is 8.78 Å². The largest absolute Gasteiger partial charge is 0.481 e. The number of carboxylic acids is 1. The molecule has 120 valence electrons. The van der Waals surface area contributed by atoms with Crippen molar-refractivity contribution in [1.82, 2.24) is 9.80 Å². The van der Waals surface area contributed by atoms with Crippen LogP contribution in [0.15, 0.2) is 18.2 Å². The fraction of sp³-hybridized carbons (Fsp3) is 0.467. The number of benzene rings is 1. The predicted molar refractivity (Wildman–Crippen MR) is 75.6 cm³/mol. The summed E-state index contributed by atoms with van der Waals surface area (Å²) in [7, 11) is 0. The number of rotatable bonds is 5. The second-order valence-electron chi connectivity index (χ2n) is 5.23. The van der Waals surface area contributed by atoms with Crippen molar-refractivity contribution >= 4 is 11.9 Å². The number of amides is 1. The molecule has 1 aromatic carbocycles. The molecule has 5 nitrogen and oxygen atoms in total. The fourth-order valence-electron chi connectivity index (χ4n) is 2.49. The summed E-state index contributed by atoms with van der Waals surface area (Å²) in [6.07, 6.45) is 0.658.